The Bertz CT molecular complexity index is 1410. The molecule has 0 saturated carbocycles. The number of anilines is 1. The molecule has 4 amide bonds. The third kappa shape index (κ3) is 9.48. The number of aromatic nitrogens is 2. The van der Waals surface area contributed by atoms with Crippen LogP contribution < -0.4 is 21.7 Å². The van der Waals surface area contributed by atoms with E-state index in [9.17, 15) is 19.2 Å². The fraction of sp³-hybridized carbons (Fsp3) is 0.406. The second-order valence-corrected chi connectivity index (χ2v) is 11.4. The molecule has 2 atom stereocenters. The van der Waals surface area contributed by atoms with Gasteiger partial charge in [0.25, 0.3) is 5.91 Å². The van der Waals surface area contributed by atoms with Gasteiger partial charge in [0.2, 0.25) is 17.7 Å². The van der Waals surface area contributed by atoms with Crippen molar-refractivity contribution in [3.8, 4) is 0 Å². The first kappa shape index (κ1) is 32.4. The molecule has 2 aromatic carbocycles. The van der Waals surface area contributed by atoms with Crippen molar-refractivity contribution < 1.29 is 23.9 Å². The van der Waals surface area contributed by atoms with Gasteiger partial charge in [-0.3, -0.25) is 19.2 Å². The smallest absolute Gasteiger partial charge is 0.250 e. The zero-order valence-electron chi connectivity index (χ0n) is 25.2. The average Bonchev–Trinajstić information content (AvgIpc) is 3.67. The van der Waals surface area contributed by atoms with E-state index in [0.29, 0.717) is 25.9 Å². The van der Waals surface area contributed by atoms with Gasteiger partial charge in [0.15, 0.2) is 5.82 Å². The van der Waals surface area contributed by atoms with Gasteiger partial charge in [0.1, 0.15) is 18.6 Å². The quantitative estimate of drug-likeness (QED) is 0.218. The molecule has 0 radical (unpaired) electrons. The van der Waals surface area contributed by atoms with E-state index >= 15 is 0 Å². The lowest BCUT2D eigenvalue weighted by Crippen LogP contribution is -2.56. The number of nitrogens with zero attached hydrogens (tertiary/aromatic N) is 3. The summed E-state index contributed by atoms with van der Waals surface area (Å²) in [5.41, 5.74) is 6.77. The number of carbonyl (C=O) groups is 4. The monoisotopic (exact) mass is 603 g/mol. The molecular weight excluding hydrogens is 562 g/mol. The van der Waals surface area contributed by atoms with Crippen molar-refractivity contribution in [1.29, 1.82) is 0 Å². The van der Waals surface area contributed by atoms with Gasteiger partial charge in [0.05, 0.1) is 25.1 Å². The zero-order valence-corrected chi connectivity index (χ0v) is 25.2. The highest BCUT2D eigenvalue weighted by Crippen LogP contribution is 2.18. The van der Waals surface area contributed by atoms with E-state index in [4.69, 9.17) is 10.5 Å². The lowest BCUT2D eigenvalue weighted by molar-refractivity contribution is -0.138. The van der Waals surface area contributed by atoms with Crippen LogP contribution in [0.3, 0.4) is 0 Å². The van der Waals surface area contributed by atoms with Crippen molar-refractivity contribution in [2.45, 2.75) is 63.9 Å². The summed E-state index contributed by atoms with van der Waals surface area (Å²) in [4.78, 5) is 57.5. The molecule has 4 rings (SSSR count). The summed E-state index contributed by atoms with van der Waals surface area (Å²) in [7, 11) is 0. The van der Waals surface area contributed by atoms with E-state index < -0.39 is 29.4 Å². The third-order valence-electron chi connectivity index (χ3n) is 7.24. The molecule has 2 unspecified atom stereocenters. The molecule has 1 aromatic heterocycles. The van der Waals surface area contributed by atoms with Crippen LogP contribution in [0.25, 0.3) is 0 Å². The summed E-state index contributed by atoms with van der Waals surface area (Å²) in [5.74, 6) is -1.23. The number of nitrogens with one attached hydrogen (secondary N) is 3. The predicted molar refractivity (Wildman–Crippen MR) is 165 cm³/mol. The van der Waals surface area contributed by atoms with Crippen molar-refractivity contribution in [2.75, 3.05) is 25.0 Å². The van der Waals surface area contributed by atoms with Gasteiger partial charge in [-0.2, -0.15) is 0 Å². The Hall–Kier alpha value is -4.55. The van der Waals surface area contributed by atoms with Gasteiger partial charge in [-0.15, -0.1) is 0 Å². The number of amides is 4. The highest BCUT2D eigenvalue weighted by atomic mass is 16.5. The molecular formula is C32H41N7O5. The summed E-state index contributed by atoms with van der Waals surface area (Å²) in [5, 5.41) is 8.28. The minimum Gasteiger partial charge on any atom is -0.374 e. The highest BCUT2D eigenvalue weighted by Gasteiger charge is 2.34. The molecule has 1 fully saturated rings. The summed E-state index contributed by atoms with van der Waals surface area (Å²) >= 11 is 0. The zero-order chi connectivity index (χ0) is 31.5. The number of likely N-dealkylation sites (tertiary alicyclic amines) is 1. The van der Waals surface area contributed by atoms with Crippen molar-refractivity contribution in [2.24, 2.45) is 5.73 Å². The van der Waals surface area contributed by atoms with Crippen molar-refractivity contribution in [3.63, 3.8) is 0 Å². The first-order valence-corrected chi connectivity index (χ1v) is 14.8. The van der Waals surface area contributed by atoms with Crippen LogP contribution >= 0.6 is 0 Å². The molecule has 44 heavy (non-hydrogen) atoms. The van der Waals surface area contributed by atoms with Gasteiger partial charge < -0.3 is 35.9 Å². The Labute approximate surface area is 257 Å². The van der Waals surface area contributed by atoms with Crippen molar-refractivity contribution in [3.05, 3.63) is 84.3 Å². The SMILES string of the molecule is CC(C)(N)C(=O)NC(COCc1ccccc1)C(=O)Nc1cn(CC(=O)N2CCCC2C(=O)NCCc2ccccc2)cn1. The van der Waals surface area contributed by atoms with E-state index in [1.54, 1.807) is 23.3 Å². The van der Waals surface area contributed by atoms with Crippen LogP contribution in [0, 0.1) is 0 Å². The average molecular weight is 604 g/mol. The van der Waals surface area contributed by atoms with E-state index in [-0.39, 0.29) is 37.4 Å². The van der Waals surface area contributed by atoms with Gasteiger partial charge in [-0.05, 0) is 44.2 Å². The largest absolute Gasteiger partial charge is 0.374 e. The molecule has 0 aliphatic carbocycles. The maximum atomic E-state index is 13.1. The van der Waals surface area contributed by atoms with Crippen LogP contribution in [0.15, 0.2) is 73.2 Å². The Morgan fingerprint density at radius 3 is 2.41 bits per heavy atom. The second-order valence-electron chi connectivity index (χ2n) is 11.4. The molecule has 3 aromatic rings. The molecule has 5 N–H and O–H groups in total. The fourth-order valence-corrected chi connectivity index (χ4v) is 4.80. The summed E-state index contributed by atoms with van der Waals surface area (Å²) in [6.07, 6.45) is 5.02. The van der Waals surface area contributed by atoms with Crippen LogP contribution in [0.4, 0.5) is 5.82 Å². The maximum Gasteiger partial charge on any atom is 0.250 e. The summed E-state index contributed by atoms with van der Waals surface area (Å²) < 4.78 is 7.27. The first-order valence-electron chi connectivity index (χ1n) is 14.8. The van der Waals surface area contributed by atoms with Crippen molar-refractivity contribution >= 4 is 29.4 Å². The van der Waals surface area contributed by atoms with E-state index in [2.05, 4.69) is 20.9 Å². The second kappa shape index (κ2) is 15.3. The molecule has 2 heterocycles. The number of ether oxygens (including phenoxy) is 1. The highest BCUT2D eigenvalue weighted by molar-refractivity contribution is 5.98. The molecule has 1 saturated heterocycles. The van der Waals surface area contributed by atoms with E-state index in [1.807, 2.05) is 60.7 Å². The molecule has 234 valence electrons. The first-order chi connectivity index (χ1) is 21.1. The minimum atomic E-state index is -1.20. The number of carbonyl (C=O) groups excluding carboxylic acids is 4. The Balaban J connectivity index is 1.30. The van der Waals surface area contributed by atoms with Crippen LogP contribution in [-0.2, 0) is 43.5 Å². The summed E-state index contributed by atoms with van der Waals surface area (Å²) in [6, 6.07) is 17.8. The van der Waals surface area contributed by atoms with E-state index in [0.717, 1.165) is 17.5 Å². The minimum absolute atomic E-state index is 0.0433. The fourth-order valence-electron chi connectivity index (χ4n) is 4.80. The van der Waals surface area contributed by atoms with Crippen LogP contribution in [0.1, 0.15) is 37.8 Å². The molecule has 0 bridgehead atoms. The number of nitrogens with two attached hydrogens (primary N) is 1. The lowest BCUT2D eigenvalue weighted by atomic mass is 10.1. The molecule has 0 spiro atoms. The number of benzene rings is 2. The summed E-state index contributed by atoms with van der Waals surface area (Å²) in [6.45, 7) is 4.19. The Morgan fingerprint density at radius 1 is 1.05 bits per heavy atom. The number of imidazole rings is 1. The standard InChI is InChI=1S/C32H41N7O5/c1-32(2,33)31(43)36-25(21-44-20-24-12-7-4-8-13-24)29(41)37-27-18-38(22-35-27)19-28(40)39-17-9-14-26(39)30(42)34-16-15-23-10-5-3-6-11-23/h3-8,10-13,18,22,25-26H,9,14-17,19-21,33H2,1-2H3,(H,34,42)(H,36,43)(H,37,41). The van der Waals surface area contributed by atoms with Gasteiger partial charge in [0, 0.05) is 19.3 Å². The van der Waals surface area contributed by atoms with Crippen LogP contribution in [0.5, 0.6) is 0 Å². The topological polar surface area (TPSA) is 161 Å². The third-order valence-corrected chi connectivity index (χ3v) is 7.24. The number of hydrogen-bond donors (Lipinski definition) is 4. The lowest BCUT2D eigenvalue weighted by Gasteiger charge is -2.24. The van der Waals surface area contributed by atoms with Gasteiger partial charge in [-0.1, -0.05) is 60.7 Å². The van der Waals surface area contributed by atoms with Crippen LogP contribution in [0.2, 0.25) is 0 Å². The predicted octanol–water partition coefficient (Wildman–Crippen LogP) is 1.61. The number of rotatable bonds is 14. The Morgan fingerprint density at radius 2 is 1.73 bits per heavy atom. The molecule has 1 aliphatic heterocycles. The molecule has 1 aliphatic rings. The van der Waals surface area contributed by atoms with Gasteiger partial charge in [-0.25, -0.2) is 4.98 Å². The molecule has 12 nitrogen and oxygen atoms in total. The van der Waals surface area contributed by atoms with E-state index in [1.165, 1.54) is 12.5 Å². The van der Waals surface area contributed by atoms with Gasteiger partial charge >= 0.3 is 0 Å². The van der Waals surface area contributed by atoms with Crippen molar-refractivity contribution in [1.82, 2.24) is 25.1 Å². The number of hydrogen-bond acceptors (Lipinski definition) is 7. The van der Waals surface area contributed by atoms with Crippen LogP contribution in [-0.4, -0.2) is 75.4 Å². The maximum absolute atomic E-state index is 13.1. The normalized spacial score (nSPS) is 15.4. The molecule has 12 heteroatoms. The Kier molecular flexibility index (Phi) is 11.2.